The molecule has 8 heteroatoms. The number of fused-ring (bicyclic) bond motifs is 1. The molecule has 4 unspecified atom stereocenters. The zero-order valence-electron chi connectivity index (χ0n) is 20.4. The molecule has 194 valence electrons. The molecule has 1 aromatic heterocycles. The highest BCUT2D eigenvalue weighted by molar-refractivity contribution is 5.97. The summed E-state index contributed by atoms with van der Waals surface area (Å²) < 4.78 is 5.57. The van der Waals surface area contributed by atoms with Gasteiger partial charge in [-0.3, -0.25) is 9.59 Å². The fourth-order valence-corrected chi connectivity index (χ4v) is 4.07. The third-order valence-corrected chi connectivity index (χ3v) is 6.02. The average Bonchev–Trinajstić information content (AvgIpc) is 2.87. The van der Waals surface area contributed by atoms with Crippen LogP contribution in [0.25, 0.3) is 22.3 Å². The number of hydrogen-bond donors (Lipinski definition) is 4. The highest BCUT2D eigenvalue weighted by Gasteiger charge is 2.41. The molecular weight excluding hydrogens is 476 g/mol. The highest BCUT2D eigenvalue weighted by atomic mass is 16.3. The number of aliphatic hydroxyl groups excluding tert-OH is 2. The Balaban J connectivity index is 0.000000206. The van der Waals surface area contributed by atoms with Crippen LogP contribution in [0.2, 0.25) is 0 Å². The fraction of sp³-hybridized carbons (Fsp3) is 0.276. The predicted molar refractivity (Wildman–Crippen MR) is 139 cm³/mol. The molecule has 8 nitrogen and oxygen atoms in total. The van der Waals surface area contributed by atoms with Crippen LogP contribution in [0.5, 0.6) is 11.5 Å². The van der Waals surface area contributed by atoms with E-state index in [0.717, 1.165) is 24.5 Å². The second-order valence-electron chi connectivity index (χ2n) is 8.76. The molecule has 2 aromatic carbocycles. The minimum absolute atomic E-state index is 0.0671. The van der Waals surface area contributed by atoms with E-state index in [9.17, 15) is 34.8 Å². The van der Waals surface area contributed by atoms with Gasteiger partial charge in [-0.1, -0.05) is 68.0 Å². The van der Waals surface area contributed by atoms with Gasteiger partial charge in [-0.25, -0.2) is 0 Å². The van der Waals surface area contributed by atoms with Gasteiger partial charge in [-0.05, 0) is 18.8 Å². The number of unbranched alkanes of at least 4 members (excludes halogenated alkanes) is 1. The van der Waals surface area contributed by atoms with Crippen molar-refractivity contribution < 1.29 is 34.4 Å². The lowest BCUT2D eigenvalue weighted by atomic mass is 9.76. The molecule has 0 saturated heterocycles. The van der Waals surface area contributed by atoms with Gasteiger partial charge in [-0.2, -0.15) is 0 Å². The second-order valence-corrected chi connectivity index (χ2v) is 8.76. The van der Waals surface area contributed by atoms with Crippen LogP contribution in [0.3, 0.4) is 0 Å². The third-order valence-electron chi connectivity index (χ3n) is 6.02. The van der Waals surface area contributed by atoms with Crippen LogP contribution in [0.4, 0.5) is 0 Å². The van der Waals surface area contributed by atoms with Crippen molar-refractivity contribution in [3.05, 3.63) is 83.1 Å². The van der Waals surface area contributed by atoms with E-state index in [1.54, 1.807) is 12.2 Å². The molecule has 0 bridgehead atoms. The molecule has 37 heavy (non-hydrogen) atoms. The number of aldehydes is 1. The number of allylic oxidation sites excluding steroid dienone is 4. The SMILES string of the molecule is CCCC=CC=CC1CC(O)C(O)C(=O)C1C=O.O=c1cc(-c2ccccc2)oc2cc(O)cc(O)c12. The van der Waals surface area contributed by atoms with Crippen molar-refractivity contribution in [1.29, 1.82) is 0 Å². The Kier molecular flexibility index (Phi) is 9.54. The first-order chi connectivity index (χ1) is 17.8. The molecule has 1 fully saturated rings. The number of carbonyl (C=O) groups excluding carboxylic acids is 2. The first-order valence-corrected chi connectivity index (χ1v) is 12.0. The molecule has 1 aliphatic carbocycles. The van der Waals surface area contributed by atoms with Gasteiger partial charge >= 0.3 is 0 Å². The Labute approximate surface area is 213 Å². The molecule has 0 aliphatic heterocycles. The molecular formula is C29H30O8. The molecule has 3 aromatic rings. The minimum atomic E-state index is -1.43. The minimum Gasteiger partial charge on any atom is -0.508 e. The standard InChI is InChI=1S/C15H10O4.C14H20O4/c16-10-6-11(17)15-12(18)8-13(19-14(15)7-10)9-4-2-1-3-5-9;1-2-3-4-5-6-7-10-8-12(16)14(18)13(17)11(10)9-15/h1-8,16-17H;4-7,9-12,14,16,18H,2-3,8H2,1H3. The summed E-state index contributed by atoms with van der Waals surface area (Å²) in [5.74, 6) is -1.82. The van der Waals surface area contributed by atoms with Gasteiger partial charge in [0.25, 0.3) is 0 Å². The van der Waals surface area contributed by atoms with Gasteiger partial charge in [-0.15, -0.1) is 0 Å². The van der Waals surface area contributed by atoms with E-state index in [0.29, 0.717) is 12.0 Å². The summed E-state index contributed by atoms with van der Waals surface area (Å²) in [5.41, 5.74) is 0.561. The van der Waals surface area contributed by atoms with Crippen LogP contribution in [-0.4, -0.2) is 44.7 Å². The first kappa shape index (κ1) is 27.6. The quantitative estimate of drug-likeness (QED) is 0.224. The van der Waals surface area contributed by atoms with E-state index in [4.69, 9.17) is 4.42 Å². The molecule has 4 rings (SSSR count). The number of carbonyl (C=O) groups is 2. The van der Waals surface area contributed by atoms with Crippen LogP contribution in [-0.2, 0) is 9.59 Å². The number of aliphatic hydroxyl groups is 2. The van der Waals surface area contributed by atoms with Crippen molar-refractivity contribution in [2.45, 2.75) is 38.4 Å². The summed E-state index contributed by atoms with van der Waals surface area (Å²) >= 11 is 0. The Morgan fingerprint density at radius 2 is 1.76 bits per heavy atom. The van der Waals surface area contributed by atoms with Crippen molar-refractivity contribution in [2.24, 2.45) is 11.8 Å². The topological polar surface area (TPSA) is 145 Å². The molecule has 0 radical (unpaired) electrons. The van der Waals surface area contributed by atoms with Crippen molar-refractivity contribution in [3.8, 4) is 22.8 Å². The Morgan fingerprint density at radius 1 is 1.03 bits per heavy atom. The lowest BCUT2D eigenvalue weighted by Gasteiger charge is -2.31. The van der Waals surface area contributed by atoms with E-state index < -0.39 is 23.9 Å². The molecule has 4 N–H and O–H groups in total. The zero-order valence-corrected chi connectivity index (χ0v) is 20.4. The van der Waals surface area contributed by atoms with Crippen LogP contribution in [0, 0.1) is 11.8 Å². The Bertz CT molecular complexity index is 1340. The molecule has 1 heterocycles. The molecule has 0 amide bonds. The number of Topliss-reactive ketones (excluding diaryl/α,β-unsaturated/α-hetero) is 1. The van der Waals surface area contributed by atoms with Crippen molar-refractivity contribution in [1.82, 2.24) is 0 Å². The maximum Gasteiger partial charge on any atom is 0.197 e. The van der Waals surface area contributed by atoms with Crippen molar-refractivity contribution in [3.63, 3.8) is 0 Å². The van der Waals surface area contributed by atoms with Crippen molar-refractivity contribution in [2.75, 3.05) is 0 Å². The largest absolute Gasteiger partial charge is 0.508 e. The molecule has 1 saturated carbocycles. The van der Waals surface area contributed by atoms with Gasteiger partial charge in [0.1, 0.15) is 40.6 Å². The van der Waals surface area contributed by atoms with E-state index in [-0.39, 0.29) is 40.2 Å². The average molecular weight is 507 g/mol. The zero-order chi connectivity index (χ0) is 26.9. The van der Waals surface area contributed by atoms with Crippen LogP contribution in [0.15, 0.2) is 82.0 Å². The smallest absolute Gasteiger partial charge is 0.197 e. The number of hydrogen-bond acceptors (Lipinski definition) is 8. The van der Waals surface area contributed by atoms with E-state index in [1.807, 2.05) is 42.5 Å². The molecule has 4 atom stereocenters. The summed E-state index contributed by atoms with van der Waals surface area (Å²) in [6, 6.07) is 12.9. The summed E-state index contributed by atoms with van der Waals surface area (Å²) in [6.45, 7) is 2.08. The molecule has 1 aliphatic rings. The summed E-state index contributed by atoms with van der Waals surface area (Å²) in [4.78, 5) is 34.5. The maximum absolute atomic E-state index is 12.0. The van der Waals surface area contributed by atoms with E-state index in [2.05, 4.69) is 6.92 Å². The number of phenols is 2. The number of ketones is 1. The van der Waals surface area contributed by atoms with Gasteiger partial charge in [0.05, 0.1) is 12.0 Å². The van der Waals surface area contributed by atoms with Crippen LogP contribution >= 0.6 is 0 Å². The van der Waals surface area contributed by atoms with E-state index >= 15 is 0 Å². The van der Waals surface area contributed by atoms with Gasteiger partial charge in [0.2, 0.25) is 0 Å². The lowest BCUT2D eigenvalue weighted by molar-refractivity contribution is -0.146. The van der Waals surface area contributed by atoms with Gasteiger partial charge < -0.3 is 29.6 Å². The first-order valence-electron chi connectivity index (χ1n) is 12.0. The summed E-state index contributed by atoms with van der Waals surface area (Å²) in [5, 5.41) is 38.1. The van der Waals surface area contributed by atoms with Crippen molar-refractivity contribution >= 4 is 23.0 Å². The van der Waals surface area contributed by atoms with E-state index in [1.165, 1.54) is 12.1 Å². The maximum atomic E-state index is 12.0. The predicted octanol–water partition coefficient (Wildman–Crippen LogP) is 3.90. The molecule has 0 spiro atoms. The highest BCUT2D eigenvalue weighted by Crippen LogP contribution is 2.30. The summed E-state index contributed by atoms with van der Waals surface area (Å²) in [6.07, 6.45) is 7.72. The number of aromatic hydroxyl groups is 2. The lowest BCUT2D eigenvalue weighted by Crippen LogP contribution is -2.47. The third kappa shape index (κ3) is 6.81. The van der Waals surface area contributed by atoms with Crippen LogP contribution < -0.4 is 5.43 Å². The number of benzene rings is 2. The van der Waals surface area contributed by atoms with Crippen LogP contribution in [0.1, 0.15) is 26.2 Å². The fourth-order valence-electron chi connectivity index (χ4n) is 4.07. The van der Waals surface area contributed by atoms with Gasteiger partial charge in [0.15, 0.2) is 11.2 Å². The second kappa shape index (κ2) is 12.8. The normalized spacial score (nSPS) is 21.8. The number of phenolic OH excluding ortho intramolecular Hbond substituents is 2. The Morgan fingerprint density at radius 3 is 2.43 bits per heavy atom. The summed E-state index contributed by atoms with van der Waals surface area (Å²) in [7, 11) is 0. The number of rotatable bonds is 6. The Hall–Kier alpha value is -4.01. The monoisotopic (exact) mass is 506 g/mol. The van der Waals surface area contributed by atoms with Gasteiger partial charge in [0, 0.05) is 23.8 Å².